The molecule has 1 N–H and O–H groups in total. The minimum absolute atomic E-state index is 0.0790. The van der Waals surface area contributed by atoms with Crippen LogP contribution in [0.1, 0.15) is 34.6 Å². The summed E-state index contributed by atoms with van der Waals surface area (Å²) in [5, 5.41) is 3.50. The Labute approximate surface area is 118 Å². The molecule has 0 unspecified atom stereocenters. The van der Waals surface area contributed by atoms with Gasteiger partial charge in [0.15, 0.2) is 0 Å². The lowest BCUT2D eigenvalue weighted by Gasteiger charge is -2.30. The first kappa shape index (κ1) is 15.4. The monoisotopic (exact) mass is 314 g/mol. The highest BCUT2D eigenvalue weighted by molar-refractivity contribution is 9.10. The SMILES string of the molecule is CC(C)(CNC(C)(C)C)COc1cncc(Br)c1. The van der Waals surface area contributed by atoms with E-state index in [-0.39, 0.29) is 11.0 Å². The molecule has 1 aromatic rings. The number of nitrogens with zero attached hydrogens (tertiary/aromatic N) is 1. The van der Waals surface area contributed by atoms with Crippen LogP contribution in [0, 0.1) is 5.41 Å². The van der Waals surface area contributed by atoms with Gasteiger partial charge in [-0.05, 0) is 42.8 Å². The Bertz CT molecular complexity index is 386. The van der Waals surface area contributed by atoms with E-state index in [0.717, 1.165) is 16.8 Å². The molecule has 1 aromatic heterocycles. The van der Waals surface area contributed by atoms with Gasteiger partial charge in [0.05, 0.1) is 12.8 Å². The lowest BCUT2D eigenvalue weighted by Crippen LogP contribution is -2.43. The zero-order valence-electron chi connectivity index (χ0n) is 11.9. The van der Waals surface area contributed by atoms with Crippen molar-refractivity contribution in [2.24, 2.45) is 5.41 Å². The molecule has 0 radical (unpaired) electrons. The zero-order chi connectivity index (χ0) is 13.8. The zero-order valence-corrected chi connectivity index (χ0v) is 13.5. The van der Waals surface area contributed by atoms with Gasteiger partial charge in [-0.25, -0.2) is 0 Å². The van der Waals surface area contributed by atoms with Gasteiger partial charge in [0.25, 0.3) is 0 Å². The molecule has 0 atom stereocenters. The maximum atomic E-state index is 5.78. The van der Waals surface area contributed by atoms with Crippen LogP contribution in [0.2, 0.25) is 0 Å². The second kappa shape index (κ2) is 6.02. The maximum absolute atomic E-state index is 5.78. The molecular weight excluding hydrogens is 292 g/mol. The second-order valence-electron chi connectivity index (χ2n) is 6.40. The summed E-state index contributed by atoms with van der Waals surface area (Å²) in [6.07, 6.45) is 3.48. The van der Waals surface area contributed by atoms with Crippen LogP contribution < -0.4 is 10.1 Å². The summed E-state index contributed by atoms with van der Waals surface area (Å²) in [7, 11) is 0. The summed E-state index contributed by atoms with van der Waals surface area (Å²) in [4.78, 5) is 4.08. The normalized spacial score (nSPS) is 12.6. The fourth-order valence-corrected chi connectivity index (χ4v) is 1.65. The van der Waals surface area contributed by atoms with Crippen molar-refractivity contribution < 1.29 is 4.74 Å². The number of rotatable bonds is 5. The van der Waals surface area contributed by atoms with E-state index in [4.69, 9.17) is 4.74 Å². The molecule has 18 heavy (non-hydrogen) atoms. The number of halogens is 1. The van der Waals surface area contributed by atoms with Crippen LogP contribution in [0.3, 0.4) is 0 Å². The van der Waals surface area contributed by atoms with Crippen LogP contribution in [0.25, 0.3) is 0 Å². The molecule has 0 aliphatic rings. The van der Waals surface area contributed by atoms with Crippen molar-refractivity contribution in [3.05, 3.63) is 22.9 Å². The molecule has 0 spiro atoms. The molecule has 102 valence electrons. The Morgan fingerprint density at radius 3 is 2.44 bits per heavy atom. The third-order valence-electron chi connectivity index (χ3n) is 2.41. The van der Waals surface area contributed by atoms with Crippen LogP contribution >= 0.6 is 15.9 Å². The Balaban J connectivity index is 2.46. The number of ether oxygens (including phenoxy) is 1. The molecule has 1 rings (SSSR count). The Kier molecular flexibility index (Phi) is 5.17. The van der Waals surface area contributed by atoms with Crippen molar-refractivity contribution in [2.75, 3.05) is 13.2 Å². The predicted octanol–water partition coefficient (Wildman–Crippen LogP) is 3.64. The number of hydrogen-bond donors (Lipinski definition) is 1. The average molecular weight is 315 g/mol. The summed E-state index contributed by atoms with van der Waals surface area (Å²) < 4.78 is 6.72. The third kappa shape index (κ3) is 6.36. The first-order chi connectivity index (χ1) is 8.18. The van der Waals surface area contributed by atoms with Gasteiger partial charge >= 0.3 is 0 Å². The molecule has 0 aliphatic heterocycles. The van der Waals surface area contributed by atoms with Crippen molar-refractivity contribution in [1.29, 1.82) is 0 Å². The smallest absolute Gasteiger partial charge is 0.138 e. The molecule has 0 bridgehead atoms. The molecule has 3 nitrogen and oxygen atoms in total. The molecule has 0 aromatic carbocycles. The number of hydrogen-bond acceptors (Lipinski definition) is 3. The molecule has 4 heteroatoms. The largest absolute Gasteiger partial charge is 0.491 e. The highest BCUT2D eigenvalue weighted by Crippen LogP contribution is 2.20. The standard InChI is InChI=1S/C14H23BrN2O/c1-13(2,3)17-9-14(4,5)10-18-12-6-11(15)7-16-8-12/h6-8,17H,9-10H2,1-5H3. The van der Waals surface area contributed by atoms with Gasteiger partial charge in [0.2, 0.25) is 0 Å². The number of aromatic nitrogens is 1. The van der Waals surface area contributed by atoms with Gasteiger partial charge in [0.1, 0.15) is 5.75 Å². The van der Waals surface area contributed by atoms with Gasteiger partial charge in [-0.15, -0.1) is 0 Å². The summed E-state index contributed by atoms with van der Waals surface area (Å²) in [6, 6.07) is 1.93. The Morgan fingerprint density at radius 1 is 1.22 bits per heavy atom. The quantitative estimate of drug-likeness (QED) is 0.901. The molecule has 0 aliphatic carbocycles. The fraction of sp³-hybridized carbons (Fsp3) is 0.643. The van der Waals surface area contributed by atoms with Crippen molar-refractivity contribution in [3.63, 3.8) is 0 Å². The van der Waals surface area contributed by atoms with E-state index >= 15 is 0 Å². The topological polar surface area (TPSA) is 34.1 Å². The molecule has 0 saturated heterocycles. The van der Waals surface area contributed by atoms with E-state index in [1.807, 2.05) is 6.07 Å². The van der Waals surface area contributed by atoms with Crippen molar-refractivity contribution >= 4 is 15.9 Å². The van der Waals surface area contributed by atoms with E-state index < -0.39 is 0 Å². The highest BCUT2D eigenvalue weighted by atomic mass is 79.9. The van der Waals surface area contributed by atoms with E-state index in [1.54, 1.807) is 12.4 Å². The lowest BCUT2D eigenvalue weighted by molar-refractivity contribution is 0.165. The summed E-state index contributed by atoms with van der Waals surface area (Å²) in [5.41, 5.74) is 0.212. The van der Waals surface area contributed by atoms with Crippen LogP contribution in [0.15, 0.2) is 22.9 Å². The average Bonchev–Trinajstić information content (AvgIpc) is 2.24. The Morgan fingerprint density at radius 2 is 1.89 bits per heavy atom. The van der Waals surface area contributed by atoms with Crippen LogP contribution in [0.5, 0.6) is 5.75 Å². The van der Waals surface area contributed by atoms with Crippen LogP contribution in [-0.2, 0) is 0 Å². The van der Waals surface area contributed by atoms with Crippen molar-refractivity contribution in [2.45, 2.75) is 40.2 Å². The summed E-state index contributed by atoms with van der Waals surface area (Å²) >= 11 is 3.38. The second-order valence-corrected chi connectivity index (χ2v) is 7.31. The maximum Gasteiger partial charge on any atom is 0.138 e. The molecule has 0 fully saturated rings. The minimum Gasteiger partial charge on any atom is -0.491 e. The lowest BCUT2D eigenvalue weighted by atomic mass is 9.93. The van der Waals surface area contributed by atoms with E-state index in [9.17, 15) is 0 Å². The van der Waals surface area contributed by atoms with Crippen molar-refractivity contribution in [1.82, 2.24) is 10.3 Å². The molecule has 0 saturated carbocycles. The van der Waals surface area contributed by atoms with Crippen LogP contribution in [-0.4, -0.2) is 23.7 Å². The molecule has 1 heterocycles. The number of pyridine rings is 1. The molecule has 0 amide bonds. The first-order valence-electron chi connectivity index (χ1n) is 6.16. The van der Waals surface area contributed by atoms with Gasteiger partial charge in [0, 0.05) is 28.2 Å². The van der Waals surface area contributed by atoms with Gasteiger partial charge in [-0.2, -0.15) is 0 Å². The molecular formula is C14H23BrN2O. The van der Waals surface area contributed by atoms with Crippen LogP contribution in [0.4, 0.5) is 0 Å². The summed E-state index contributed by atoms with van der Waals surface area (Å²) in [6.45, 7) is 12.5. The van der Waals surface area contributed by atoms with E-state index in [2.05, 4.69) is 60.8 Å². The summed E-state index contributed by atoms with van der Waals surface area (Å²) in [5.74, 6) is 0.799. The highest BCUT2D eigenvalue weighted by Gasteiger charge is 2.21. The number of nitrogens with one attached hydrogen (secondary N) is 1. The van der Waals surface area contributed by atoms with Gasteiger partial charge in [-0.1, -0.05) is 13.8 Å². The van der Waals surface area contributed by atoms with Gasteiger partial charge < -0.3 is 10.1 Å². The Hall–Kier alpha value is -0.610. The third-order valence-corrected chi connectivity index (χ3v) is 2.84. The van der Waals surface area contributed by atoms with Gasteiger partial charge in [-0.3, -0.25) is 4.98 Å². The van der Waals surface area contributed by atoms with E-state index in [0.29, 0.717) is 6.61 Å². The van der Waals surface area contributed by atoms with Crippen molar-refractivity contribution in [3.8, 4) is 5.75 Å². The predicted molar refractivity (Wildman–Crippen MR) is 79.0 cm³/mol. The minimum atomic E-state index is 0.0790. The fourth-order valence-electron chi connectivity index (χ4n) is 1.31. The first-order valence-corrected chi connectivity index (χ1v) is 6.96. The van der Waals surface area contributed by atoms with E-state index in [1.165, 1.54) is 0 Å².